The van der Waals surface area contributed by atoms with Gasteiger partial charge in [0.15, 0.2) is 6.04 Å². The Morgan fingerprint density at radius 1 is 1.55 bits per heavy atom. The van der Waals surface area contributed by atoms with E-state index in [4.69, 9.17) is 4.74 Å². The first kappa shape index (κ1) is 14.6. The molecule has 0 saturated heterocycles. The van der Waals surface area contributed by atoms with Crippen LogP contribution in [0.5, 0.6) is 0 Å². The maximum Gasteiger partial charge on any atom is 0.333 e. The Morgan fingerprint density at radius 3 is 2.95 bits per heavy atom. The Balaban J connectivity index is 2.26. The molecule has 2 aromatic rings. The van der Waals surface area contributed by atoms with Crippen molar-refractivity contribution in [2.24, 2.45) is 0 Å². The molecule has 1 aromatic heterocycles. The summed E-state index contributed by atoms with van der Waals surface area (Å²) >= 11 is 3.41. The summed E-state index contributed by atoms with van der Waals surface area (Å²) in [5.41, 5.74) is 1.61. The molecular formula is C14H16BrN3O2. The van der Waals surface area contributed by atoms with E-state index in [2.05, 4.69) is 26.3 Å². The molecule has 2 rings (SSSR count). The predicted molar refractivity (Wildman–Crippen MR) is 80.4 cm³/mol. The lowest BCUT2D eigenvalue weighted by atomic mass is 10.1. The van der Waals surface area contributed by atoms with Crippen LogP contribution in [-0.2, 0) is 16.1 Å². The first-order chi connectivity index (χ1) is 9.63. The highest BCUT2D eigenvalue weighted by Gasteiger charge is 2.22. The van der Waals surface area contributed by atoms with Crippen LogP contribution in [-0.4, -0.2) is 22.9 Å². The fraction of sp³-hybridized carbons (Fsp3) is 0.286. The topological polar surface area (TPSA) is 56.2 Å². The van der Waals surface area contributed by atoms with Crippen molar-refractivity contribution in [3.8, 4) is 0 Å². The third kappa shape index (κ3) is 3.39. The molecule has 1 heterocycles. The van der Waals surface area contributed by atoms with Crippen LogP contribution in [0, 0.1) is 0 Å². The molecule has 0 spiro atoms. The number of hydrogen-bond donors (Lipinski definition) is 1. The van der Waals surface area contributed by atoms with Gasteiger partial charge in [0.25, 0.3) is 0 Å². The Labute approximate surface area is 126 Å². The summed E-state index contributed by atoms with van der Waals surface area (Å²) in [4.78, 5) is 12.0. The van der Waals surface area contributed by atoms with Crippen LogP contribution in [0.3, 0.4) is 0 Å². The fourth-order valence-corrected chi connectivity index (χ4v) is 2.24. The Bertz CT molecular complexity index is 598. The van der Waals surface area contributed by atoms with E-state index in [1.807, 2.05) is 37.4 Å². The number of aryl methyl sites for hydroxylation is 1. The first-order valence-corrected chi connectivity index (χ1v) is 7.05. The van der Waals surface area contributed by atoms with Gasteiger partial charge in [-0.25, -0.2) is 4.79 Å². The SMILES string of the molecule is CCn1cc(C(Nc2cccc(Br)c2)C(=O)OC)cn1. The number of rotatable bonds is 5. The number of aromatic nitrogens is 2. The molecule has 1 N–H and O–H groups in total. The van der Waals surface area contributed by atoms with Crippen molar-refractivity contribution in [3.05, 3.63) is 46.7 Å². The highest BCUT2D eigenvalue weighted by atomic mass is 79.9. The molecule has 0 radical (unpaired) electrons. The summed E-state index contributed by atoms with van der Waals surface area (Å²) in [5.74, 6) is -0.347. The van der Waals surface area contributed by atoms with Crippen molar-refractivity contribution in [1.82, 2.24) is 9.78 Å². The maximum atomic E-state index is 12.0. The van der Waals surface area contributed by atoms with E-state index in [9.17, 15) is 4.79 Å². The fourth-order valence-electron chi connectivity index (χ4n) is 1.84. The van der Waals surface area contributed by atoms with Crippen LogP contribution in [0.1, 0.15) is 18.5 Å². The van der Waals surface area contributed by atoms with Gasteiger partial charge in [-0.1, -0.05) is 22.0 Å². The lowest BCUT2D eigenvalue weighted by molar-refractivity contribution is -0.141. The molecule has 0 aliphatic rings. The van der Waals surface area contributed by atoms with Gasteiger partial charge < -0.3 is 10.1 Å². The summed E-state index contributed by atoms with van der Waals surface area (Å²) in [7, 11) is 1.38. The van der Waals surface area contributed by atoms with Crippen LogP contribution in [0.4, 0.5) is 5.69 Å². The second-order valence-electron chi connectivity index (χ2n) is 4.24. The average Bonchev–Trinajstić information content (AvgIpc) is 2.92. The number of hydrogen-bond acceptors (Lipinski definition) is 4. The molecular weight excluding hydrogens is 322 g/mol. The molecule has 0 saturated carbocycles. The van der Waals surface area contributed by atoms with Gasteiger partial charge in [0.05, 0.1) is 13.3 Å². The second-order valence-corrected chi connectivity index (χ2v) is 5.16. The molecule has 0 fully saturated rings. The minimum absolute atomic E-state index is 0.347. The average molecular weight is 338 g/mol. The number of ether oxygens (including phenoxy) is 1. The molecule has 1 aromatic carbocycles. The van der Waals surface area contributed by atoms with Crippen LogP contribution in [0.25, 0.3) is 0 Å². The molecule has 0 bridgehead atoms. The monoisotopic (exact) mass is 337 g/mol. The number of nitrogens with one attached hydrogen (secondary N) is 1. The van der Waals surface area contributed by atoms with Crippen LogP contribution in [0.2, 0.25) is 0 Å². The van der Waals surface area contributed by atoms with Gasteiger partial charge in [-0.05, 0) is 25.1 Å². The van der Waals surface area contributed by atoms with E-state index in [0.717, 1.165) is 22.3 Å². The van der Waals surface area contributed by atoms with Gasteiger partial charge in [0, 0.05) is 28.5 Å². The van der Waals surface area contributed by atoms with Crippen molar-refractivity contribution in [3.63, 3.8) is 0 Å². The van der Waals surface area contributed by atoms with E-state index in [1.54, 1.807) is 10.9 Å². The molecule has 106 valence electrons. The number of carbonyl (C=O) groups excluding carboxylic acids is 1. The van der Waals surface area contributed by atoms with E-state index >= 15 is 0 Å². The molecule has 1 unspecified atom stereocenters. The predicted octanol–water partition coefficient (Wildman–Crippen LogP) is 2.99. The van der Waals surface area contributed by atoms with Crippen LogP contribution in [0.15, 0.2) is 41.1 Å². The maximum absolute atomic E-state index is 12.0. The van der Waals surface area contributed by atoms with Gasteiger partial charge in [0.1, 0.15) is 0 Å². The molecule has 5 nitrogen and oxygen atoms in total. The zero-order valence-corrected chi connectivity index (χ0v) is 12.9. The number of benzene rings is 1. The zero-order valence-electron chi connectivity index (χ0n) is 11.3. The molecule has 0 amide bonds. The van der Waals surface area contributed by atoms with Gasteiger partial charge in [-0.3, -0.25) is 4.68 Å². The van der Waals surface area contributed by atoms with E-state index < -0.39 is 6.04 Å². The number of nitrogens with zero attached hydrogens (tertiary/aromatic N) is 2. The second kappa shape index (κ2) is 6.56. The van der Waals surface area contributed by atoms with Crippen LogP contribution >= 0.6 is 15.9 Å². The largest absolute Gasteiger partial charge is 0.467 e. The molecule has 0 aliphatic heterocycles. The van der Waals surface area contributed by atoms with E-state index in [1.165, 1.54) is 7.11 Å². The zero-order chi connectivity index (χ0) is 14.5. The minimum Gasteiger partial charge on any atom is -0.467 e. The van der Waals surface area contributed by atoms with E-state index in [0.29, 0.717) is 0 Å². The lowest BCUT2D eigenvalue weighted by Crippen LogP contribution is -2.22. The Kier molecular flexibility index (Phi) is 4.79. The number of anilines is 1. The minimum atomic E-state index is -0.574. The summed E-state index contributed by atoms with van der Waals surface area (Å²) in [6, 6.07) is 7.05. The molecule has 1 atom stereocenters. The van der Waals surface area contributed by atoms with Crippen molar-refractivity contribution >= 4 is 27.6 Å². The number of methoxy groups -OCH3 is 1. The van der Waals surface area contributed by atoms with Gasteiger partial charge in [-0.15, -0.1) is 0 Å². The normalized spacial score (nSPS) is 11.9. The highest BCUT2D eigenvalue weighted by Crippen LogP contribution is 2.23. The highest BCUT2D eigenvalue weighted by molar-refractivity contribution is 9.10. The van der Waals surface area contributed by atoms with Crippen molar-refractivity contribution in [2.45, 2.75) is 19.5 Å². The van der Waals surface area contributed by atoms with Gasteiger partial charge in [0.2, 0.25) is 0 Å². The summed E-state index contributed by atoms with van der Waals surface area (Å²) in [5, 5.41) is 7.36. The third-order valence-corrected chi connectivity index (χ3v) is 3.38. The van der Waals surface area contributed by atoms with Gasteiger partial charge >= 0.3 is 5.97 Å². The lowest BCUT2D eigenvalue weighted by Gasteiger charge is -2.16. The van der Waals surface area contributed by atoms with E-state index in [-0.39, 0.29) is 5.97 Å². The molecule has 20 heavy (non-hydrogen) atoms. The molecule has 0 aliphatic carbocycles. The summed E-state index contributed by atoms with van der Waals surface area (Å²) in [6.45, 7) is 2.75. The summed E-state index contributed by atoms with van der Waals surface area (Å²) in [6.07, 6.45) is 3.52. The number of esters is 1. The van der Waals surface area contributed by atoms with Crippen molar-refractivity contribution in [1.29, 1.82) is 0 Å². The first-order valence-electron chi connectivity index (χ1n) is 6.26. The van der Waals surface area contributed by atoms with Crippen molar-refractivity contribution < 1.29 is 9.53 Å². The number of carbonyl (C=O) groups is 1. The third-order valence-electron chi connectivity index (χ3n) is 2.88. The standard InChI is InChI=1S/C14H16BrN3O2/c1-3-18-9-10(8-16-18)13(14(19)20-2)17-12-6-4-5-11(15)7-12/h4-9,13,17H,3H2,1-2H3. The number of halogens is 1. The van der Waals surface area contributed by atoms with Crippen LogP contribution < -0.4 is 5.32 Å². The molecule has 6 heteroatoms. The summed E-state index contributed by atoms with van der Waals surface area (Å²) < 4.78 is 7.57. The van der Waals surface area contributed by atoms with Gasteiger partial charge in [-0.2, -0.15) is 5.10 Å². The quantitative estimate of drug-likeness (QED) is 0.852. The Hall–Kier alpha value is -1.82. The van der Waals surface area contributed by atoms with Crippen molar-refractivity contribution in [2.75, 3.05) is 12.4 Å². The Morgan fingerprint density at radius 2 is 2.35 bits per heavy atom. The smallest absolute Gasteiger partial charge is 0.333 e.